The van der Waals surface area contributed by atoms with Gasteiger partial charge in [-0.05, 0) is 44.6 Å². The van der Waals surface area contributed by atoms with E-state index in [0.717, 1.165) is 13.0 Å². The van der Waals surface area contributed by atoms with Crippen LogP contribution in [0.5, 0.6) is 0 Å². The molecule has 2 N–H and O–H groups in total. The summed E-state index contributed by atoms with van der Waals surface area (Å²) in [6.07, 6.45) is -1.73. The molecule has 0 saturated heterocycles. The van der Waals surface area contributed by atoms with Gasteiger partial charge in [-0.3, -0.25) is 4.99 Å². The Balaban J connectivity index is 1.72. The smallest absolute Gasteiger partial charge is 0.356 e. The van der Waals surface area contributed by atoms with E-state index >= 15 is 0 Å². The minimum Gasteiger partial charge on any atom is -0.356 e. The maximum atomic E-state index is 12.7. The van der Waals surface area contributed by atoms with Crippen molar-refractivity contribution in [3.05, 3.63) is 35.4 Å². The predicted octanol–water partition coefficient (Wildman–Crippen LogP) is 3.82. The van der Waals surface area contributed by atoms with Crippen LogP contribution in [0, 0.1) is 12.8 Å². The Kier molecular flexibility index (Phi) is 6.52. The van der Waals surface area contributed by atoms with Gasteiger partial charge in [0.05, 0.1) is 5.92 Å². The maximum absolute atomic E-state index is 12.7. The molecule has 1 aromatic rings. The van der Waals surface area contributed by atoms with E-state index in [1.807, 2.05) is 0 Å². The molecule has 134 valence electrons. The SMILES string of the molecule is CN=C(NCCc1ccc(C)cc1)NC1CCC(C(F)(F)F)CC1. The summed E-state index contributed by atoms with van der Waals surface area (Å²) in [6.45, 7) is 2.79. The van der Waals surface area contributed by atoms with Crippen LogP contribution >= 0.6 is 0 Å². The van der Waals surface area contributed by atoms with Crippen LogP contribution in [0.2, 0.25) is 0 Å². The Hall–Kier alpha value is -1.72. The van der Waals surface area contributed by atoms with E-state index < -0.39 is 12.1 Å². The standard InChI is InChI=1S/C18H26F3N3/c1-13-3-5-14(6-4-13)11-12-23-17(22-2)24-16-9-7-15(8-10-16)18(19,20)21/h3-6,15-16H,7-12H2,1-2H3,(H2,22,23,24). The van der Waals surface area contributed by atoms with Crippen molar-refractivity contribution < 1.29 is 13.2 Å². The zero-order valence-electron chi connectivity index (χ0n) is 14.3. The number of rotatable bonds is 4. The molecule has 2 rings (SSSR count). The number of halogens is 3. The van der Waals surface area contributed by atoms with Gasteiger partial charge in [-0.25, -0.2) is 0 Å². The number of alkyl halides is 3. The van der Waals surface area contributed by atoms with Crippen molar-refractivity contribution in [1.29, 1.82) is 0 Å². The van der Waals surface area contributed by atoms with Gasteiger partial charge in [0.2, 0.25) is 0 Å². The van der Waals surface area contributed by atoms with Crippen LogP contribution in [-0.2, 0) is 6.42 Å². The molecule has 1 aromatic carbocycles. The van der Waals surface area contributed by atoms with E-state index in [-0.39, 0.29) is 18.9 Å². The number of aliphatic imine (C=N–C) groups is 1. The van der Waals surface area contributed by atoms with Crippen molar-refractivity contribution in [2.75, 3.05) is 13.6 Å². The third-order valence-electron chi connectivity index (χ3n) is 4.58. The van der Waals surface area contributed by atoms with Gasteiger partial charge < -0.3 is 10.6 Å². The Morgan fingerprint density at radius 3 is 2.29 bits per heavy atom. The average molecular weight is 341 g/mol. The number of guanidine groups is 1. The quantitative estimate of drug-likeness (QED) is 0.645. The van der Waals surface area contributed by atoms with Gasteiger partial charge in [-0.15, -0.1) is 0 Å². The van der Waals surface area contributed by atoms with Crippen molar-refractivity contribution >= 4 is 5.96 Å². The predicted molar refractivity (Wildman–Crippen MR) is 91.2 cm³/mol. The second kappa shape index (κ2) is 8.40. The number of aryl methyl sites for hydroxylation is 1. The van der Waals surface area contributed by atoms with Gasteiger partial charge >= 0.3 is 6.18 Å². The highest BCUT2D eigenvalue weighted by Gasteiger charge is 2.41. The summed E-state index contributed by atoms with van der Waals surface area (Å²) in [4.78, 5) is 4.17. The molecule has 1 fully saturated rings. The Labute approximate surface area is 141 Å². The molecule has 0 atom stereocenters. The fourth-order valence-corrected chi connectivity index (χ4v) is 3.03. The molecule has 0 aromatic heterocycles. The normalized spacial score (nSPS) is 22.3. The van der Waals surface area contributed by atoms with Crippen molar-refractivity contribution in [2.45, 2.75) is 51.2 Å². The highest BCUT2D eigenvalue weighted by molar-refractivity contribution is 5.79. The van der Waals surface area contributed by atoms with Crippen molar-refractivity contribution in [3.8, 4) is 0 Å². The summed E-state index contributed by atoms with van der Waals surface area (Å²) in [5.74, 6) is -0.482. The van der Waals surface area contributed by atoms with Crippen molar-refractivity contribution in [2.24, 2.45) is 10.9 Å². The van der Waals surface area contributed by atoms with E-state index in [4.69, 9.17) is 0 Å². The van der Waals surface area contributed by atoms with Crippen LogP contribution in [-0.4, -0.2) is 31.8 Å². The summed E-state index contributed by atoms with van der Waals surface area (Å²) < 4.78 is 38.1. The van der Waals surface area contributed by atoms with E-state index in [1.54, 1.807) is 7.05 Å². The third-order valence-corrected chi connectivity index (χ3v) is 4.58. The van der Waals surface area contributed by atoms with E-state index in [1.165, 1.54) is 11.1 Å². The molecule has 0 radical (unpaired) electrons. The highest BCUT2D eigenvalue weighted by Crippen LogP contribution is 2.37. The fourth-order valence-electron chi connectivity index (χ4n) is 3.03. The monoisotopic (exact) mass is 341 g/mol. The lowest BCUT2D eigenvalue weighted by Crippen LogP contribution is -2.46. The summed E-state index contributed by atoms with van der Waals surface area (Å²) >= 11 is 0. The zero-order chi connectivity index (χ0) is 17.6. The second-order valence-electron chi connectivity index (χ2n) is 6.47. The van der Waals surface area contributed by atoms with E-state index in [9.17, 15) is 13.2 Å². The molecular weight excluding hydrogens is 315 g/mol. The molecule has 3 nitrogen and oxygen atoms in total. The summed E-state index contributed by atoms with van der Waals surface area (Å²) in [7, 11) is 1.68. The van der Waals surface area contributed by atoms with Crippen LogP contribution in [0.15, 0.2) is 29.3 Å². The largest absolute Gasteiger partial charge is 0.391 e. The molecule has 1 aliphatic carbocycles. The number of hydrogen-bond donors (Lipinski definition) is 2. The molecule has 0 aliphatic heterocycles. The maximum Gasteiger partial charge on any atom is 0.391 e. The molecular formula is C18H26F3N3. The van der Waals surface area contributed by atoms with Crippen LogP contribution in [0.3, 0.4) is 0 Å². The van der Waals surface area contributed by atoms with Gasteiger partial charge in [0.1, 0.15) is 0 Å². The third kappa shape index (κ3) is 5.73. The number of hydrogen-bond acceptors (Lipinski definition) is 1. The van der Waals surface area contributed by atoms with Crippen molar-refractivity contribution in [3.63, 3.8) is 0 Å². The molecule has 0 spiro atoms. The molecule has 0 bridgehead atoms. The lowest BCUT2D eigenvalue weighted by atomic mass is 9.85. The first-order chi connectivity index (χ1) is 11.4. The Morgan fingerprint density at radius 1 is 1.12 bits per heavy atom. The van der Waals surface area contributed by atoms with Crippen LogP contribution < -0.4 is 10.6 Å². The van der Waals surface area contributed by atoms with Crippen LogP contribution in [0.25, 0.3) is 0 Å². The lowest BCUT2D eigenvalue weighted by molar-refractivity contribution is -0.182. The number of nitrogens with zero attached hydrogens (tertiary/aromatic N) is 1. The highest BCUT2D eigenvalue weighted by atomic mass is 19.4. The molecule has 0 heterocycles. The van der Waals surface area contributed by atoms with Gasteiger partial charge in [0.25, 0.3) is 0 Å². The second-order valence-corrected chi connectivity index (χ2v) is 6.47. The molecule has 1 aliphatic rings. The first-order valence-corrected chi connectivity index (χ1v) is 8.48. The van der Waals surface area contributed by atoms with Crippen LogP contribution in [0.1, 0.15) is 36.8 Å². The van der Waals surface area contributed by atoms with Gasteiger partial charge in [-0.2, -0.15) is 13.2 Å². The zero-order valence-corrected chi connectivity index (χ0v) is 14.3. The fraction of sp³-hybridized carbons (Fsp3) is 0.611. The molecule has 24 heavy (non-hydrogen) atoms. The summed E-state index contributed by atoms with van der Waals surface area (Å²) in [5, 5.41) is 6.48. The minimum atomic E-state index is -4.06. The Bertz CT molecular complexity index is 529. The van der Waals surface area contributed by atoms with Crippen molar-refractivity contribution in [1.82, 2.24) is 10.6 Å². The van der Waals surface area contributed by atoms with E-state index in [0.29, 0.717) is 18.8 Å². The average Bonchev–Trinajstić information content (AvgIpc) is 2.55. The van der Waals surface area contributed by atoms with E-state index in [2.05, 4.69) is 46.8 Å². The molecule has 1 saturated carbocycles. The summed E-state index contributed by atoms with van der Waals surface area (Å²) in [6, 6.07) is 8.44. The van der Waals surface area contributed by atoms with Gasteiger partial charge in [-0.1, -0.05) is 29.8 Å². The first-order valence-electron chi connectivity index (χ1n) is 8.48. The van der Waals surface area contributed by atoms with Gasteiger partial charge in [0.15, 0.2) is 5.96 Å². The lowest BCUT2D eigenvalue weighted by Gasteiger charge is -2.31. The molecule has 6 heteroatoms. The molecule has 0 amide bonds. The number of benzene rings is 1. The summed E-state index contributed by atoms with van der Waals surface area (Å²) in [5.41, 5.74) is 2.48. The minimum absolute atomic E-state index is 0.0641. The van der Waals surface area contributed by atoms with Crippen LogP contribution in [0.4, 0.5) is 13.2 Å². The van der Waals surface area contributed by atoms with Gasteiger partial charge in [0, 0.05) is 19.6 Å². The number of nitrogens with one attached hydrogen (secondary N) is 2. The topological polar surface area (TPSA) is 36.4 Å². The first kappa shape index (κ1) is 18.6. The molecule has 0 unspecified atom stereocenters. The Morgan fingerprint density at radius 2 is 1.75 bits per heavy atom.